The average Bonchev–Trinajstić information content (AvgIpc) is 2.49. The number of halogens is 1. The summed E-state index contributed by atoms with van der Waals surface area (Å²) in [6.07, 6.45) is 1.95. The van der Waals surface area contributed by atoms with E-state index >= 15 is 0 Å². The van der Waals surface area contributed by atoms with Crippen molar-refractivity contribution in [1.29, 1.82) is 0 Å². The summed E-state index contributed by atoms with van der Waals surface area (Å²) in [6.45, 7) is 2.85. The van der Waals surface area contributed by atoms with Crippen molar-refractivity contribution in [2.24, 2.45) is 0 Å². The molecule has 1 heterocycles. The fraction of sp³-hybridized carbons (Fsp3) is 0.353. The standard InChI is InChI=1S/C17H21ClN2O/c1-3-6-15-9-13(12-21)10-17(19-15)20(2)11-14-7-4-5-8-16(14)18/h4-5,7-10,21H,3,6,11-12H2,1-2H3. The van der Waals surface area contributed by atoms with Gasteiger partial charge in [0.05, 0.1) is 6.61 Å². The summed E-state index contributed by atoms with van der Waals surface area (Å²) in [5, 5.41) is 10.2. The molecule has 0 fully saturated rings. The lowest BCUT2D eigenvalue weighted by Crippen LogP contribution is -2.18. The highest BCUT2D eigenvalue weighted by molar-refractivity contribution is 6.31. The Balaban J connectivity index is 2.23. The summed E-state index contributed by atoms with van der Waals surface area (Å²) < 4.78 is 0. The molecule has 0 aliphatic carbocycles. The van der Waals surface area contributed by atoms with Gasteiger partial charge in [0.2, 0.25) is 0 Å². The van der Waals surface area contributed by atoms with Crippen LogP contribution >= 0.6 is 11.6 Å². The SMILES string of the molecule is CCCc1cc(CO)cc(N(C)Cc2ccccc2Cl)n1. The Hall–Kier alpha value is -1.58. The third-order valence-electron chi connectivity index (χ3n) is 3.37. The van der Waals surface area contributed by atoms with Crippen LogP contribution in [0.3, 0.4) is 0 Å². The van der Waals surface area contributed by atoms with Crippen LogP contribution in [0, 0.1) is 0 Å². The molecular formula is C17H21ClN2O. The van der Waals surface area contributed by atoms with Gasteiger partial charge in [0, 0.05) is 24.3 Å². The van der Waals surface area contributed by atoms with Crippen LogP contribution in [0.2, 0.25) is 5.02 Å². The first kappa shape index (κ1) is 15.8. The summed E-state index contributed by atoms with van der Waals surface area (Å²) in [5.41, 5.74) is 2.98. The molecule has 2 aromatic rings. The molecule has 1 N–H and O–H groups in total. The lowest BCUT2D eigenvalue weighted by Gasteiger charge is -2.20. The van der Waals surface area contributed by atoms with Gasteiger partial charge in [-0.3, -0.25) is 0 Å². The molecule has 1 aromatic carbocycles. The minimum atomic E-state index is 0.0339. The fourth-order valence-electron chi connectivity index (χ4n) is 2.27. The highest BCUT2D eigenvalue weighted by Crippen LogP contribution is 2.21. The lowest BCUT2D eigenvalue weighted by molar-refractivity contribution is 0.281. The molecule has 0 unspecified atom stereocenters. The van der Waals surface area contributed by atoms with Crippen LogP contribution in [-0.4, -0.2) is 17.1 Å². The van der Waals surface area contributed by atoms with Gasteiger partial charge >= 0.3 is 0 Å². The van der Waals surface area contributed by atoms with Crippen molar-refractivity contribution >= 4 is 17.4 Å². The van der Waals surface area contributed by atoms with Crippen LogP contribution in [0.4, 0.5) is 5.82 Å². The highest BCUT2D eigenvalue weighted by Gasteiger charge is 2.09. The first-order valence-electron chi connectivity index (χ1n) is 7.19. The zero-order valence-corrected chi connectivity index (χ0v) is 13.3. The van der Waals surface area contributed by atoms with Gasteiger partial charge in [-0.15, -0.1) is 0 Å². The second-order valence-electron chi connectivity index (χ2n) is 5.18. The molecular weight excluding hydrogens is 284 g/mol. The fourth-order valence-corrected chi connectivity index (χ4v) is 2.46. The zero-order valence-electron chi connectivity index (χ0n) is 12.5. The van der Waals surface area contributed by atoms with Gasteiger partial charge in [-0.2, -0.15) is 0 Å². The Morgan fingerprint density at radius 3 is 2.67 bits per heavy atom. The number of aryl methyl sites for hydroxylation is 1. The van der Waals surface area contributed by atoms with Gasteiger partial charge in [-0.25, -0.2) is 4.98 Å². The van der Waals surface area contributed by atoms with E-state index in [1.807, 2.05) is 43.4 Å². The monoisotopic (exact) mass is 304 g/mol. The highest BCUT2D eigenvalue weighted by atomic mass is 35.5. The maximum Gasteiger partial charge on any atom is 0.129 e. The Morgan fingerprint density at radius 1 is 1.24 bits per heavy atom. The quantitative estimate of drug-likeness (QED) is 0.881. The molecule has 0 amide bonds. The number of aliphatic hydroxyl groups is 1. The van der Waals surface area contributed by atoms with Crippen LogP contribution in [-0.2, 0) is 19.6 Å². The third kappa shape index (κ3) is 4.19. The van der Waals surface area contributed by atoms with Crippen LogP contribution in [0.25, 0.3) is 0 Å². The van der Waals surface area contributed by atoms with Crippen molar-refractivity contribution in [3.8, 4) is 0 Å². The molecule has 3 nitrogen and oxygen atoms in total. The number of hydrogen-bond acceptors (Lipinski definition) is 3. The second kappa shape index (κ2) is 7.43. The van der Waals surface area contributed by atoms with Gasteiger partial charge in [0.1, 0.15) is 5.82 Å². The van der Waals surface area contributed by atoms with Crippen LogP contribution in [0.5, 0.6) is 0 Å². The molecule has 0 spiro atoms. The molecule has 0 bridgehead atoms. The van der Waals surface area contributed by atoms with E-state index in [2.05, 4.69) is 16.8 Å². The van der Waals surface area contributed by atoms with E-state index in [4.69, 9.17) is 11.6 Å². The Bertz CT molecular complexity index is 601. The first-order valence-corrected chi connectivity index (χ1v) is 7.57. The van der Waals surface area contributed by atoms with Crippen LogP contribution in [0.1, 0.15) is 30.2 Å². The topological polar surface area (TPSA) is 36.4 Å². The van der Waals surface area contributed by atoms with Crippen LogP contribution < -0.4 is 4.90 Å². The number of benzene rings is 1. The Kier molecular flexibility index (Phi) is 5.59. The van der Waals surface area contributed by atoms with E-state index in [0.29, 0.717) is 6.54 Å². The van der Waals surface area contributed by atoms with Crippen molar-refractivity contribution < 1.29 is 5.11 Å². The van der Waals surface area contributed by atoms with Crippen molar-refractivity contribution in [1.82, 2.24) is 4.98 Å². The van der Waals surface area contributed by atoms with Gasteiger partial charge in [0.15, 0.2) is 0 Å². The maximum absolute atomic E-state index is 9.40. The van der Waals surface area contributed by atoms with Gasteiger partial charge in [0.25, 0.3) is 0 Å². The number of aromatic nitrogens is 1. The molecule has 2 rings (SSSR count). The summed E-state index contributed by atoms with van der Waals surface area (Å²) in [4.78, 5) is 6.72. The van der Waals surface area contributed by atoms with E-state index in [-0.39, 0.29) is 6.61 Å². The number of anilines is 1. The zero-order chi connectivity index (χ0) is 15.2. The molecule has 0 aliphatic heterocycles. The summed E-state index contributed by atoms with van der Waals surface area (Å²) >= 11 is 6.21. The third-order valence-corrected chi connectivity index (χ3v) is 3.74. The first-order chi connectivity index (χ1) is 10.1. The summed E-state index contributed by atoms with van der Waals surface area (Å²) in [6, 6.07) is 11.7. The maximum atomic E-state index is 9.40. The Morgan fingerprint density at radius 2 is 2.00 bits per heavy atom. The van der Waals surface area contributed by atoms with E-state index in [0.717, 1.165) is 40.5 Å². The molecule has 0 saturated carbocycles. The molecule has 0 atom stereocenters. The molecule has 112 valence electrons. The number of hydrogen-bond donors (Lipinski definition) is 1. The second-order valence-corrected chi connectivity index (χ2v) is 5.59. The van der Waals surface area contributed by atoms with Crippen molar-refractivity contribution in [3.05, 3.63) is 58.2 Å². The average molecular weight is 305 g/mol. The molecule has 4 heteroatoms. The van der Waals surface area contributed by atoms with E-state index < -0.39 is 0 Å². The van der Waals surface area contributed by atoms with Crippen LogP contribution in [0.15, 0.2) is 36.4 Å². The number of rotatable bonds is 6. The molecule has 0 aliphatic rings. The van der Waals surface area contributed by atoms with Gasteiger partial charge in [-0.05, 0) is 35.7 Å². The van der Waals surface area contributed by atoms with E-state index in [9.17, 15) is 5.11 Å². The Labute approximate surface area is 131 Å². The molecule has 1 aromatic heterocycles. The number of pyridine rings is 1. The van der Waals surface area contributed by atoms with Crippen molar-refractivity contribution in [2.45, 2.75) is 32.9 Å². The molecule has 0 saturated heterocycles. The minimum Gasteiger partial charge on any atom is -0.392 e. The van der Waals surface area contributed by atoms with Gasteiger partial charge in [-0.1, -0.05) is 43.1 Å². The summed E-state index contributed by atoms with van der Waals surface area (Å²) in [5.74, 6) is 0.866. The minimum absolute atomic E-state index is 0.0339. The van der Waals surface area contributed by atoms with E-state index in [1.165, 1.54) is 0 Å². The number of nitrogens with zero attached hydrogens (tertiary/aromatic N) is 2. The molecule has 0 radical (unpaired) electrons. The summed E-state index contributed by atoms with van der Waals surface area (Å²) in [7, 11) is 1.99. The largest absolute Gasteiger partial charge is 0.392 e. The van der Waals surface area contributed by atoms with Gasteiger partial charge < -0.3 is 10.0 Å². The van der Waals surface area contributed by atoms with Crippen molar-refractivity contribution in [3.63, 3.8) is 0 Å². The lowest BCUT2D eigenvalue weighted by atomic mass is 10.1. The predicted octanol–water partition coefficient (Wildman–Crippen LogP) is 3.82. The molecule has 21 heavy (non-hydrogen) atoms. The van der Waals surface area contributed by atoms with E-state index in [1.54, 1.807) is 0 Å². The smallest absolute Gasteiger partial charge is 0.129 e. The predicted molar refractivity (Wildman–Crippen MR) is 87.7 cm³/mol. The number of aliphatic hydroxyl groups excluding tert-OH is 1. The normalized spacial score (nSPS) is 10.7. The van der Waals surface area contributed by atoms with Crippen molar-refractivity contribution in [2.75, 3.05) is 11.9 Å².